The van der Waals surface area contributed by atoms with Gasteiger partial charge in [-0.2, -0.15) is 8.80 Å². The van der Waals surface area contributed by atoms with E-state index in [0.717, 1.165) is 0 Å². The maximum Gasteiger partial charge on any atom is 0.268 e. The fraction of sp³-hybridized carbons (Fsp3) is 0. The molecular weight excluding hydrogens is 212 g/mol. The Morgan fingerprint density at radius 2 is 1.62 bits per heavy atom. The van der Waals surface area contributed by atoms with Gasteiger partial charge in [0.2, 0.25) is 0 Å². The summed E-state index contributed by atoms with van der Waals surface area (Å²) in [7, 11) is 0. The van der Waals surface area contributed by atoms with E-state index in [4.69, 9.17) is 0 Å². The third kappa shape index (κ3) is 6.80. The molecule has 0 spiro atoms. The van der Waals surface area contributed by atoms with E-state index in [1.165, 1.54) is 0 Å². The highest BCUT2D eigenvalue weighted by atomic mass is 32.2. The first kappa shape index (κ1) is 11.4. The quantitative estimate of drug-likeness (QED) is 0.350. The van der Waals surface area contributed by atoms with E-state index in [0.29, 0.717) is 0 Å². The van der Waals surface area contributed by atoms with Gasteiger partial charge in [-0.1, -0.05) is 0 Å². The monoisotopic (exact) mass is 212 g/mol. The predicted molar refractivity (Wildman–Crippen MR) is 32.7 cm³/mol. The topological polar surface area (TPSA) is 123 Å². The minimum Gasteiger partial charge on any atom is -0.844 e. The van der Waals surface area contributed by atoms with Crippen LogP contribution < -0.4 is 15.3 Å². The van der Waals surface area contributed by atoms with Crippen molar-refractivity contribution in [3.63, 3.8) is 0 Å². The lowest BCUT2D eigenvalue weighted by molar-refractivity contribution is -0.238. The highest BCUT2D eigenvalue weighted by Gasteiger charge is 1.90. The Hall–Kier alpha value is -1.58. The van der Waals surface area contributed by atoms with Crippen LogP contribution in [0.5, 0.6) is 0 Å². The Balaban J connectivity index is 4.50. The van der Waals surface area contributed by atoms with Crippen molar-refractivity contribution in [2.45, 2.75) is 0 Å². The van der Waals surface area contributed by atoms with Crippen LogP contribution in [0, 0.1) is 0 Å². The standard InChI is InChI=1S/C3H3F2N3O4S/c4-1(9)6-3(11)8-13(12)7-2(5)10/h(H,7,10)(H2,6,8,9,11)/p-3. The maximum absolute atomic E-state index is 11.3. The molecule has 0 aliphatic carbocycles. The van der Waals surface area contributed by atoms with Gasteiger partial charge >= 0.3 is 0 Å². The van der Waals surface area contributed by atoms with Crippen molar-refractivity contribution in [2.75, 3.05) is 0 Å². The van der Waals surface area contributed by atoms with Gasteiger partial charge in [-0.3, -0.25) is 0 Å². The SMILES string of the molecule is O=S(/N=C([O-])/N=C(\[O-])F)/N=C(\[O-])F. The summed E-state index contributed by atoms with van der Waals surface area (Å²) in [6.45, 7) is 0. The number of aliphatic imine (C=N–C) groups is 1. The fourth-order valence-corrected chi connectivity index (χ4v) is 0.582. The Bertz CT molecular complexity index is 293. The van der Waals surface area contributed by atoms with Crippen LogP contribution in [0.4, 0.5) is 8.78 Å². The van der Waals surface area contributed by atoms with E-state index in [1.54, 1.807) is 0 Å². The zero-order valence-electron chi connectivity index (χ0n) is 5.64. The molecule has 0 bridgehead atoms. The van der Waals surface area contributed by atoms with Gasteiger partial charge in [0.1, 0.15) is 6.15 Å². The molecule has 0 aromatic heterocycles. The molecule has 0 aliphatic rings. The second-order valence-corrected chi connectivity index (χ2v) is 2.14. The lowest BCUT2D eigenvalue weighted by Gasteiger charge is -2.04. The first-order valence-corrected chi connectivity index (χ1v) is 3.48. The second-order valence-electron chi connectivity index (χ2n) is 1.31. The van der Waals surface area contributed by atoms with E-state index < -0.39 is 29.5 Å². The van der Waals surface area contributed by atoms with Crippen molar-refractivity contribution >= 4 is 29.5 Å². The van der Waals surface area contributed by atoms with E-state index >= 15 is 0 Å². The summed E-state index contributed by atoms with van der Waals surface area (Å²) < 4.78 is 37.3. The van der Waals surface area contributed by atoms with Crippen molar-refractivity contribution in [3.05, 3.63) is 0 Å². The Morgan fingerprint density at radius 1 is 1.08 bits per heavy atom. The fourth-order valence-electron chi connectivity index (χ4n) is 0.244. The predicted octanol–water partition coefficient (Wildman–Crippen LogP) is -3.35. The molecule has 10 heteroatoms. The Kier molecular flexibility index (Phi) is 4.51. The molecule has 0 fully saturated rings. The number of hydrogen-bond acceptors (Lipinski definition) is 4. The van der Waals surface area contributed by atoms with Gasteiger partial charge in [0.15, 0.2) is 6.15 Å². The molecule has 0 saturated carbocycles. The Labute approximate surface area is 72.5 Å². The zero-order valence-corrected chi connectivity index (χ0v) is 6.46. The van der Waals surface area contributed by atoms with Crippen LogP contribution in [0.25, 0.3) is 0 Å². The van der Waals surface area contributed by atoms with Crippen LogP contribution in [0.3, 0.4) is 0 Å². The Morgan fingerprint density at radius 3 is 2.00 bits per heavy atom. The minimum absolute atomic E-state index is 1.75. The lowest BCUT2D eigenvalue weighted by atomic mass is 11.1. The van der Waals surface area contributed by atoms with Crippen LogP contribution in [0.1, 0.15) is 0 Å². The van der Waals surface area contributed by atoms with Crippen LogP contribution in [-0.2, 0) is 11.2 Å². The first-order chi connectivity index (χ1) is 5.91. The summed E-state index contributed by atoms with van der Waals surface area (Å²) in [5.41, 5.74) is 0. The smallest absolute Gasteiger partial charge is 0.268 e. The molecule has 0 saturated heterocycles. The molecule has 0 rings (SSSR count). The summed E-state index contributed by atoms with van der Waals surface area (Å²) in [6, 6.07) is -1.75. The van der Waals surface area contributed by atoms with E-state index in [1.807, 2.05) is 4.99 Å². The van der Waals surface area contributed by atoms with E-state index in [2.05, 4.69) is 8.80 Å². The first-order valence-electron chi connectivity index (χ1n) is 2.42. The highest BCUT2D eigenvalue weighted by molar-refractivity contribution is 7.82. The van der Waals surface area contributed by atoms with Crippen molar-refractivity contribution in [1.82, 2.24) is 0 Å². The number of nitrogens with zero attached hydrogens (tertiary/aromatic N) is 3. The van der Waals surface area contributed by atoms with Gasteiger partial charge in [0, 0.05) is 0 Å². The van der Waals surface area contributed by atoms with Gasteiger partial charge in [0.25, 0.3) is 11.2 Å². The molecule has 0 aliphatic heterocycles. The molecule has 0 heterocycles. The van der Waals surface area contributed by atoms with Crippen molar-refractivity contribution in [2.24, 2.45) is 13.8 Å². The molecule has 13 heavy (non-hydrogen) atoms. The normalized spacial score (nSPS) is 17.2. The van der Waals surface area contributed by atoms with Crippen molar-refractivity contribution < 1.29 is 28.3 Å². The maximum atomic E-state index is 11.3. The lowest BCUT2D eigenvalue weighted by Crippen LogP contribution is -2.21. The van der Waals surface area contributed by atoms with Gasteiger partial charge in [0.05, 0.1) is 6.02 Å². The zero-order chi connectivity index (χ0) is 10.4. The number of amidine groups is 1. The van der Waals surface area contributed by atoms with E-state index in [9.17, 15) is 28.3 Å². The van der Waals surface area contributed by atoms with Crippen LogP contribution in [0.15, 0.2) is 13.8 Å². The number of rotatable bonds is 2. The molecule has 0 aromatic rings. The third-order valence-electron chi connectivity index (χ3n) is 0.490. The molecule has 0 aromatic carbocycles. The van der Waals surface area contributed by atoms with Crippen LogP contribution >= 0.6 is 0 Å². The molecule has 0 amide bonds. The summed E-state index contributed by atoms with van der Waals surface area (Å²) in [6.07, 6.45) is -4.67. The summed E-state index contributed by atoms with van der Waals surface area (Å²) in [5.74, 6) is 0. The molecule has 0 N–H and O–H groups in total. The van der Waals surface area contributed by atoms with Crippen molar-refractivity contribution in [3.8, 4) is 0 Å². The molecule has 7 nitrogen and oxygen atoms in total. The average Bonchev–Trinajstić information content (AvgIpc) is 1.80. The van der Waals surface area contributed by atoms with Crippen LogP contribution in [0.2, 0.25) is 0 Å². The van der Waals surface area contributed by atoms with Gasteiger partial charge in [-0.05, 0) is 0 Å². The van der Waals surface area contributed by atoms with Crippen molar-refractivity contribution in [1.29, 1.82) is 0 Å². The second kappa shape index (κ2) is 5.13. The van der Waals surface area contributed by atoms with Gasteiger partial charge in [-0.25, -0.2) is 18.0 Å². The molecule has 74 valence electrons. The third-order valence-corrected chi connectivity index (χ3v) is 1.10. The van der Waals surface area contributed by atoms with Gasteiger partial charge < -0.3 is 15.3 Å². The molecule has 1 atom stereocenters. The van der Waals surface area contributed by atoms with Crippen LogP contribution in [-0.4, -0.2) is 22.5 Å². The number of halogens is 2. The summed E-state index contributed by atoms with van der Waals surface area (Å²) in [4.78, 5) is 2.03. The summed E-state index contributed by atoms with van der Waals surface area (Å²) in [5, 5.41) is 29.1. The molecule has 1 unspecified atom stereocenters. The minimum atomic E-state index is -2.83. The van der Waals surface area contributed by atoms with Gasteiger partial charge in [-0.15, -0.1) is 0 Å². The van der Waals surface area contributed by atoms with E-state index in [-0.39, 0.29) is 0 Å². The molecular formula is C3F2N3O4S-3. The highest BCUT2D eigenvalue weighted by Crippen LogP contribution is 1.87. The molecule has 0 radical (unpaired) electrons. The largest absolute Gasteiger partial charge is 0.844 e. The average molecular weight is 212 g/mol. The number of hydrogen-bond donors (Lipinski definition) is 0. The summed E-state index contributed by atoms with van der Waals surface area (Å²) >= 11 is -2.83.